The molecule has 0 amide bonds. The highest BCUT2D eigenvalue weighted by Gasteiger charge is 2.29. The van der Waals surface area contributed by atoms with Crippen LogP contribution in [0.4, 0.5) is 0 Å². The Kier molecular flexibility index (Phi) is 4.40. The van der Waals surface area contributed by atoms with E-state index in [0.29, 0.717) is 12.0 Å². The Balaban J connectivity index is 1.78. The fraction of sp³-hybridized carbons (Fsp3) is 0.571. The third-order valence-corrected chi connectivity index (χ3v) is 3.44. The van der Waals surface area contributed by atoms with E-state index < -0.39 is 0 Å². The molecule has 0 aromatic heterocycles. The molecular formula is C14H21NO2. The molecule has 1 aliphatic carbocycles. The summed E-state index contributed by atoms with van der Waals surface area (Å²) < 4.78 is 10.3. The Bertz CT molecular complexity index is 348. The first-order chi connectivity index (χ1) is 8.33. The number of hydrogen-bond acceptors (Lipinski definition) is 3. The molecule has 1 aromatic carbocycles. The molecular weight excluding hydrogens is 214 g/mol. The summed E-state index contributed by atoms with van der Waals surface area (Å²) in [6.07, 6.45) is 2.44. The van der Waals surface area contributed by atoms with Crippen molar-refractivity contribution in [1.82, 2.24) is 5.32 Å². The van der Waals surface area contributed by atoms with Crippen LogP contribution in [-0.4, -0.2) is 33.4 Å². The molecule has 94 valence electrons. The molecule has 17 heavy (non-hydrogen) atoms. The first-order valence-electron chi connectivity index (χ1n) is 6.19. The van der Waals surface area contributed by atoms with Crippen LogP contribution in [0.5, 0.6) is 5.75 Å². The molecule has 1 N–H and O–H groups in total. The molecule has 3 heteroatoms. The highest BCUT2D eigenvalue weighted by atomic mass is 16.5. The maximum absolute atomic E-state index is 5.25. The molecule has 0 heterocycles. The Hall–Kier alpha value is -1.06. The second-order valence-corrected chi connectivity index (χ2v) is 4.59. The number of hydrogen-bond donors (Lipinski definition) is 1. The zero-order valence-corrected chi connectivity index (χ0v) is 10.6. The van der Waals surface area contributed by atoms with Gasteiger partial charge in [-0.25, -0.2) is 0 Å². The van der Waals surface area contributed by atoms with E-state index in [2.05, 4.69) is 23.5 Å². The molecule has 0 bridgehead atoms. The van der Waals surface area contributed by atoms with Gasteiger partial charge in [-0.05, 0) is 36.5 Å². The van der Waals surface area contributed by atoms with Gasteiger partial charge in [0, 0.05) is 19.7 Å². The van der Waals surface area contributed by atoms with Crippen molar-refractivity contribution in [3.8, 4) is 5.75 Å². The van der Waals surface area contributed by atoms with Gasteiger partial charge in [0.15, 0.2) is 0 Å². The molecule has 1 aliphatic rings. The number of benzene rings is 1. The van der Waals surface area contributed by atoms with Crippen molar-refractivity contribution in [3.63, 3.8) is 0 Å². The van der Waals surface area contributed by atoms with Crippen molar-refractivity contribution in [2.24, 2.45) is 0 Å². The molecule has 0 aliphatic heterocycles. The maximum atomic E-state index is 5.25. The van der Waals surface area contributed by atoms with Crippen LogP contribution in [0.3, 0.4) is 0 Å². The van der Waals surface area contributed by atoms with Crippen LogP contribution in [0, 0.1) is 0 Å². The summed E-state index contributed by atoms with van der Waals surface area (Å²) in [4.78, 5) is 0. The molecule has 2 rings (SSSR count). The van der Waals surface area contributed by atoms with Crippen molar-refractivity contribution < 1.29 is 9.47 Å². The summed E-state index contributed by atoms with van der Waals surface area (Å²) in [6, 6.07) is 9.06. The number of ether oxygens (including phenoxy) is 2. The van der Waals surface area contributed by atoms with Crippen LogP contribution in [0.25, 0.3) is 0 Å². The Morgan fingerprint density at radius 3 is 2.82 bits per heavy atom. The van der Waals surface area contributed by atoms with Crippen molar-refractivity contribution in [1.29, 1.82) is 0 Å². The van der Waals surface area contributed by atoms with E-state index in [4.69, 9.17) is 9.47 Å². The predicted molar refractivity (Wildman–Crippen MR) is 68.6 cm³/mol. The van der Waals surface area contributed by atoms with E-state index in [-0.39, 0.29) is 0 Å². The van der Waals surface area contributed by atoms with Gasteiger partial charge in [0.25, 0.3) is 0 Å². The molecule has 1 fully saturated rings. The summed E-state index contributed by atoms with van der Waals surface area (Å²) >= 11 is 0. The third kappa shape index (κ3) is 3.20. The third-order valence-electron chi connectivity index (χ3n) is 3.44. The molecule has 0 saturated heterocycles. The Morgan fingerprint density at radius 1 is 1.29 bits per heavy atom. The van der Waals surface area contributed by atoms with Crippen LogP contribution in [0.15, 0.2) is 24.3 Å². The van der Waals surface area contributed by atoms with E-state index in [1.165, 1.54) is 18.4 Å². The van der Waals surface area contributed by atoms with Crippen molar-refractivity contribution in [3.05, 3.63) is 29.8 Å². The fourth-order valence-corrected chi connectivity index (χ4v) is 2.32. The van der Waals surface area contributed by atoms with Gasteiger partial charge in [0.05, 0.1) is 13.7 Å². The lowest BCUT2D eigenvalue weighted by Crippen LogP contribution is -2.41. The summed E-state index contributed by atoms with van der Waals surface area (Å²) in [7, 11) is 3.45. The number of rotatable bonds is 6. The standard InChI is InChI=1S/C14H21NO2/c1-16-7-6-15-13-8-12(9-13)11-4-3-5-14(10-11)17-2/h3-5,10,12-13,15H,6-9H2,1-2H3. The molecule has 0 unspecified atom stereocenters. The molecule has 0 atom stereocenters. The van der Waals surface area contributed by atoms with E-state index in [0.717, 1.165) is 18.9 Å². The van der Waals surface area contributed by atoms with Gasteiger partial charge in [0.2, 0.25) is 0 Å². The summed E-state index contributed by atoms with van der Waals surface area (Å²) in [5.74, 6) is 1.64. The monoisotopic (exact) mass is 235 g/mol. The van der Waals surface area contributed by atoms with Crippen LogP contribution < -0.4 is 10.1 Å². The Labute approximate surface area is 103 Å². The molecule has 3 nitrogen and oxygen atoms in total. The van der Waals surface area contributed by atoms with Crippen LogP contribution in [-0.2, 0) is 4.74 Å². The van der Waals surface area contributed by atoms with Crippen molar-refractivity contribution in [2.75, 3.05) is 27.4 Å². The first-order valence-corrected chi connectivity index (χ1v) is 6.19. The average Bonchev–Trinajstić information content (AvgIpc) is 2.32. The average molecular weight is 235 g/mol. The summed E-state index contributed by atoms with van der Waals surface area (Å²) in [6.45, 7) is 1.74. The van der Waals surface area contributed by atoms with Gasteiger partial charge in [0.1, 0.15) is 5.75 Å². The second kappa shape index (κ2) is 6.03. The van der Waals surface area contributed by atoms with Gasteiger partial charge < -0.3 is 14.8 Å². The minimum absolute atomic E-state index is 0.654. The lowest BCUT2D eigenvalue weighted by atomic mass is 9.76. The van der Waals surface area contributed by atoms with E-state index in [1.54, 1.807) is 14.2 Å². The topological polar surface area (TPSA) is 30.5 Å². The molecule has 0 spiro atoms. The summed E-state index contributed by atoms with van der Waals surface area (Å²) in [5.41, 5.74) is 1.40. The molecule has 1 aromatic rings. The van der Waals surface area contributed by atoms with Crippen LogP contribution >= 0.6 is 0 Å². The van der Waals surface area contributed by atoms with Crippen molar-refractivity contribution >= 4 is 0 Å². The van der Waals surface area contributed by atoms with Crippen LogP contribution in [0.1, 0.15) is 24.3 Å². The lowest BCUT2D eigenvalue weighted by molar-refractivity contribution is 0.184. The summed E-state index contributed by atoms with van der Waals surface area (Å²) in [5, 5.41) is 3.49. The van der Waals surface area contributed by atoms with E-state index in [1.807, 2.05) is 6.07 Å². The van der Waals surface area contributed by atoms with E-state index >= 15 is 0 Å². The van der Waals surface area contributed by atoms with Crippen molar-refractivity contribution in [2.45, 2.75) is 24.8 Å². The minimum Gasteiger partial charge on any atom is -0.497 e. The fourth-order valence-electron chi connectivity index (χ4n) is 2.32. The Morgan fingerprint density at radius 2 is 2.12 bits per heavy atom. The minimum atomic E-state index is 0.654. The van der Waals surface area contributed by atoms with Gasteiger partial charge in [-0.3, -0.25) is 0 Å². The molecule has 0 radical (unpaired) electrons. The van der Waals surface area contributed by atoms with Gasteiger partial charge >= 0.3 is 0 Å². The smallest absolute Gasteiger partial charge is 0.119 e. The first kappa shape index (κ1) is 12.4. The lowest BCUT2D eigenvalue weighted by Gasteiger charge is -2.36. The molecule has 1 saturated carbocycles. The van der Waals surface area contributed by atoms with Gasteiger partial charge in [-0.1, -0.05) is 12.1 Å². The van der Waals surface area contributed by atoms with E-state index in [9.17, 15) is 0 Å². The number of methoxy groups -OCH3 is 2. The predicted octanol–water partition coefficient (Wildman–Crippen LogP) is 2.18. The SMILES string of the molecule is COCCNC1CC(c2cccc(OC)c2)C1. The highest BCUT2D eigenvalue weighted by Crippen LogP contribution is 2.37. The maximum Gasteiger partial charge on any atom is 0.119 e. The quantitative estimate of drug-likeness (QED) is 0.767. The normalized spacial score (nSPS) is 23.2. The number of nitrogens with one attached hydrogen (secondary N) is 1. The van der Waals surface area contributed by atoms with Gasteiger partial charge in [-0.2, -0.15) is 0 Å². The second-order valence-electron chi connectivity index (χ2n) is 4.59. The van der Waals surface area contributed by atoms with Crippen LogP contribution in [0.2, 0.25) is 0 Å². The zero-order chi connectivity index (χ0) is 12.1. The van der Waals surface area contributed by atoms with Gasteiger partial charge in [-0.15, -0.1) is 0 Å². The zero-order valence-electron chi connectivity index (χ0n) is 10.6. The largest absolute Gasteiger partial charge is 0.497 e. The highest BCUT2D eigenvalue weighted by molar-refractivity contribution is 5.32.